The van der Waals surface area contributed by atoms with Crippen LogP contribution >= 0.6 is 0 Å². The average molecular weight is 679 g/mol. The van der Waals surface area contributed by atoms with Gasteiger partial charge in [-0.2, -0.15) is 0 Å². The summed E-state index contributed by atoms with van der Waals surface area (Å²) in [5.74, 6) is 0.277. The molecule has 0 bridgehead atoms. The number of ether oxygens (including phenoxy) is 3. The van der Waals surface area contributed by atoms with Crippen molar-refractivity contribution in [3.63, 3.8) is 0 Å². The fourth-order valence-corrected chi connectivity index (χ4v) is 6.34. The van der Waals surface area contributed by atoms with E-state index in [0.29, 0.717) is 25.0 Å². The van der Waals surface area contributed by atoms with Crippen LogP contribution < -0.4 is 0 Å². The summed E-state index contributed by atoms with van der Waals surface area (Å²) >= 11 is 0. The van der Waals surface area contributed by atoms with E-state index >= 15 is 0 Å². The van der Waals surface area contributed by atoms with Crippen molar-refractivity contribution in [3.05, 3.63) is 12.2 Å². The largest absolute Gasteiger partial charge is 0.463 e. The van der Waals surface area contributed by atoms with E-state index in [1.807, 2.05) is 0 Å². The fourth-order valence-electron chi connectivity index (χ4n) is 6.34. The minimum Gasteiger partial charge on any atom is -0.463 e. The van der Waals surface area contributed by atoms with Crippen molar-refractivity contribution in [2.75, 3.05) is 13.2 Å². The molecule has 1 aliphatic heterocycles. The van der Waals surface area contributed by atoms with Crippen molar-refractivity contribution in [3.8, 4) is 0 Å². The Kier molecular flexibility index (Phi) is 30.5. The highest BCUT2D eigenvalue weighted by Gasteiger charge is 2.36. The molecule has 48 heavy (non-hydrogen) atoms. The highest BCUT2D eigenvalue weighted by molar-refractivity contribution is 5.69. The molecule has 3 atom stereocenters. The molecule has 6 heteroatoms. The van der Waals surface area contributed by atoms with Crippen molar-refractivity contribution in [2.24, 2.45) is 5.92 Å². The van der Waals surface area contributed by atoms with Gasteiger partial charge in [0.25, 0.3) is 0 Å². The first-order valence-electron chi connectivity index (χ1n) is 20.7. The van der Waals surface area contributed by atoms with Crippen LogP contribution in [0.5, 0.6) is 0 Å². The number of carbonyl (C=O) groups excluding carboxylic acids is 2. The van der Waals surface area contributed by atoms with Gasteiger partial charge in [-0.15, -0.1) is 0 Å². The van der Waals surface area contributed by atoms with E-state index in [2.05, 4.69) is 32.9 Å². The van der Waals surface area contributed by atoms with Gasteiger partial charge >= 0.3 is 11.9 Å². The molecule has 1 fully saturated rings. The summed E-state index contributed by atoms with van der Waals surface area (Å²) in [6.45, 7) is 6.63. The molecule has 282 valence electrons. The predicted octanol–water partition coefficient (Wildman–Crippen LogP) is 11.7. The molecule has 0 radical (unpaired) electrons. The van der Waals surface area contributed by atoms with E-state index in [1.54, 1.807) is 0 Å². The zero-order valence-electron chi connectivity index (χ0n) is 31.9. The third-order valence-electron chi connectivity index (χ3n) is 9.60. The molecule has 1 N–H and O–H groups in total. The van der Waals surface area contributed by atoms with E-state index in [9.17, 15) is 14.7 Å². The molecular weight excluding hydrogens is 600 g/mol. The van der Waals surface area contributed by atoms with Gasteiger partial charge in [-0.3, -0.25) is 9.59 Å². The van der Waals surface area contributed by atoms with Gasteiger partial charge in [-0.1, -0.05) is 168 Å². The Balaban J connectivity index is 1.79. The third kappa shape index (κ3) is 30.6. The minimum absolute atomic E-state index is 0.119. The van der Waals surface area contributed by atoms with E-state index in [1.165, 1.54) is 122 Å². The first-order valence-corrected chi connectivity index (χ1v) is 20.7. The van der Waals surface area contributed by atoms with Gasteiger partial charge < -0.3 is 19.3 Å². The number of aliphatic hydroxyl groups excluding tert-OH is 1. The minimum atomic E-state index is -0.969. The van der Waals surface area contributed by atoms with Gasteiger partial charge in [0.05, 0.1) is 12.2 Å². The maximum absolute atomic E-state index is 12.0. The molecule has 1 rings (SSSR count). The van der Waals surface area contributed by atoms with Crippen LogP contribution in [0.4, 0.5) is 0 Å². The molecule has 6 nitrogen and oxygen atoms in total. The van der Waals surface area contributed by atoms with Gasteiger partial charge in [0.2, 0.25) is 0 Å². The van der Waals surface area contributed by atoms with Gasteiger partial charge in [0.1, 0.15) is 19.3 Å². The number of hydrogen-bond acceptors (Lipinski definition) is 6. The number of allylic oxidation sites excluding steroid dienone is 1. The normalized spacial score (nSPS) is 16.5. The first-order chi connectivity index (χ1) is 23.4. The second kappa shape index (κ2) is 32.8. The second-order valence-corrected chi connectivity index (χ2v) is 15.0. The summed E-state index contributed by atoms with van der Waals surface area (Å²) in [6.07, 6.45) is 38.7. The molecule has 2 unspecified atom stereocenters. The Morgan fingerprint density at radius 1 is 0.604 bits per heavy atom. The van der Waals surface area contributed by atoms with Gasteiger partial charge in [-0.05, 0) is 44.4 Å². The highest BCUT2D eigenvalue weighted by Crippen LogP contribution is 2.30. The zero-order chi connectivity index (χ0) is 34.9. The van der Waals surface area contributed by atoms with Gasteiger partial charge in [0, 0.05) is 12.8 Å². The lowest BCUT2D eigenvalue weighted by Gasteiger charge is -2.12. The molecule has 0 aromatic rings. The maximum Gasteiger partial charge on any atom is 0.305 e. The van der Waals surface area contributed by atoms with E-state index in [-0.39, 0.29) is 25.2 Å². The van der Waals surface area contributed by atoms with Crippen molar-refractivity contribution in [2.45, 2.75) is 225 Å². The maximum atomic E-state index is 12.0. The summed E-state index contributed by atoms with van der Waals surface area (Å²) < 4.78 is 16.1. The van der Waals surface area contributed by atoms with E-state index in [0.717, 1.165) is 57.3 Å². The number of unbranched alkanes of at least 4 members (excludes halogenated alkanes) is 21. The number of carbonyl (C=O) groups is 2. The van der Waals surface area contributed by atoms with Crippen LogP contribution in [0.25, 0.3) is 0 Å². The summed E-state index contributed by atoms with van der Waals surface area (Å²) in [7, 11) is 0. The standard InChI is InChI=1S/C42H78O6/c1-4-5-25-31-39-40(48-39)32-27-22-18-15-16-20-24-29-34-42(45)47-36-38(43)35-46-41(44)33-28-23-19-14-12-10-8-6-7-9-11-13-17-21-26-30-37(2)3/h22,27,37-40,43H,4-21,23-26,28-36H2,1-3H3/b27-22-/t38-,39?,40?/m1/s1. The van der Waals surface area contributed by atoms with Crippen LogP contribution in [-0.2, 0) is 23.8 Å². The summed E-state index contributed by atoms with van der Waals surface area (Å²) in [5.41, 5.74) is 0. The van der Waals surface area contributed by atoms with E-state index < -0.39 is 6.10 Å². The molecule has 0 amide bonds. The first kappa shape index (κ1) is 44.6. The number of aliphatic hydroxyl groups is 1. The van der Waals surface area contributed by atoms with Crippen LogP contribution in [0.1, 0.15) is 207 Å². The third-order valence-corrected chi connectivity index (χ3v) is 9.60. The highest BCUT2D eigenvalue weighted by atomic mass is 16.6. The Morgan fingerprint density at radius 3 is 1.54 bits per heavy atom. The molecule has 1 heterocycles. The monoisotopic (exact) mass is 679 g/mol. The molecular formula is C42H78O6. The van der Waals surface area contributed by atoms with Crippen molar-refractivity contribution >= 4 is 11.9 Å². The summed E-state index contributed by atoms with van der Waals surface area (Å²) in [5, 5.41) is 10.0. The Hall–Kier alpha value is -1.40. The zero-order valence-corrected chi connectivity index (χ0v) is 31.9. The lowest BCUT2D eigenvalue weighted by molar-refractivity contribution is -0.152. The van der Waals surface area contributed by atoms with Crippen LogP contribution in [0.3, 0.4) is 0 Å². The van der Waals surface area contributed by atoms with Crippen LogP contribution in [0.15, 0.2) is 12.2 Å². The topological polar surface area (TPSA) is 85.4 Å². The average Bonchev–Trinajstić information content (AvgIpc) is 3.82. The Morgan fingerprint density at radius 2 is 1.06 bits per heavy atom. The number of epoxide rings is 1. The van der Waals surface area contributed by atoms with Gasteiger partial charge in [0.15, 0.2) is 0 Å². The van der Waals surface area contributed by atoms with Crippen molar-refractivity contribution < 1.29 is 28.9 Å². The molecule has 0 aliphatic carbocycles. The van der Waals surface area contributed by atoms with Crippen LogP contribution in [0, 0.1) is 5.92 Å². The molecule has 1 aliphatic rings. The Bertz CT molecular complexity index is 765. The van der Waals surface area contributed by atoms with Crippen molar-refractivity contribution in [1.29, 1.82) is 0 Å². The SMILES string of the molecule is CCCCCC1OC1C/C=C\CCCCCCCC(=O)OC[C@H](O)COC(=O)CCCCCCCCCCCCCCCCCC(C)C. The second-order valence-electron chi connectivity index (χ2n) is 15.0. The van der Waals surface area contributed by atoms with Crippen LogP contribution in [-0.4, -0.2) is 48.6 Å². The fraction of sp³-hybridized carbons (Fsp3) is 0.905. The Labute approximate surface area is 296 Å². The van der Waals surface area contributed by atoms with E-state index in [4.69, 9.17) is 14.2 Å². The molecule has 0 spiro atoms. The van der Waals surface area contributed by atoms with Gasteiger partial charge in [-0.25, -0.2) is 0 Å². The number of rotatable bonds is 36. The molecule has 0 aromatic heterocycles. The molecule has 0 saturated carbocycles. The smallest absolute Gasteiger partial charge is 0.305 e. The number of hydrogen-bond donors (Lipinski definition) is 1. The lowest BCUT2D eigenvalue weighted by atomic mass is 10.0. The predicted molar refractivity (Wildman–Crippen MR) is 200 cm³/mol. The number of esters is 2. The summed E-state index contributed by atoms with van der Waals surface area (Å²) in [4.78, 5) is 24.0. The molecule has 1 saturated heterocycles. The van der Waals surface area contributed by atoms with Crippen molar-refractivity contribution in [1.82, 2.24) is 0 Å². The quantitative estimate of drug-likeness (QED) is 0.0307. The van der Waals surface area contributed by atoms with Crippen LogP contribution in [0.2, 0.25) is 0 Å². The molecule has 0 aromatic carbocycles. The lowest BCUT2D eigenvalue weighted by Crippen LogP contribution is -2.25. The summed E-state index contributed by atoms with van der Waals surface area (Å²) in [6, 6.07) is 0.